The summed E-state index contributed by atoms with van der Waals surface area (Å²) in [4.78, 5) is 4.40. The Bertz CT molecular complexity index is 485. The van der Waals surface area contributed by atoms with Crippen LogP contribution in [0.3, 0.4) is 0 Å². The van der Waals surface area contributed by atoms with E-state index in [1.165, 1.54) is 6.07 Å². The third-order valence-corrected chi connectivity index (χ3v) is 4.53. The summed E-state index contributed by atoms with van der Waals surface area (Å²) in [5, 5.41) is 0. The second kappa shape index (κ2) is 6.54. The van der Waals surface area contributed by atoms with E-state index in [9.17, 15) is 13.2 Å². The van der Waals surface area contributed by atoms with Gasteiger partial charge in [-0.05, 0) is 41.1 Å². The highest BCUT2D eigenvalue weighted by molar-refractivity contribution is 9.10. The van der Waals surface area contributed by atoms with Gasteiger partial charge in [-0.25, -0.2) is 0 Å². The molecule has 0 aliphatic carbocycles. The number of piperazine rings is 1. The maximum Gasteiger partial charge on any atom is 0.416 e. The fourth-order valence-corrected chi connectivity index (χ4v) is 3.12. The first-order valence-electron chi connectivity index (χ1n) is 6.88. The minimum absolute atomic E-state index is 0.336. The van der Waals surface area contributed by atoms with Crippen molar-refractivity contribution in [3.63, 3.8) is 0 Å². The smallest absolute Gasteiger partial charge is 0.368 e. The van der Waals surface area contributed by atoms with Crippen molar-refractivity contribution >= 4 is 21.6 Å². The number of hydrogen-bond donors (Lipinski definition) is 1. The van der Waals surface area contributed by atoms with Crippen molar-refractivity contribution in [1.82, 2.24) is 4.90 Å². The van der Waals surface area contributed by atoms with Gasteiger partial charge in [0.25, 0.3) is 0 Å². The van der Waals surface area contributed by atoms with Gasteiger partial charge in [-0.3, -0.25) is 4.90 Å². The van der Waals surface area contributed by atoms with Gasteiger partial charge in [0, 0.05) is 43.2 Å². The molecule has 1 heterocycles. The van der Waals surface area contributed by atoms with Gasteiger partial charge in [0.2, 0.25) is 0 Å². The van der Waals surface area contributed by atoms with Crippen molar-refractivity contribution in [1.29, 1.82) is 0 Å². The van der Waals surface area contributed by atoms with Crippen LogP contribution in [-0.2, 0) is 6.18 Å². The van der Waals surface area contributed by atoms with E-state index in [1.54, 1.807) is 0 Å². The van der Waals surface area contributed by atoms with Crippen LogP contribution in [0.5, 0.6) is 0 Å². The Kier molecular flexibility index (Phi) is 5.16. The van der Waals surface area contributed by atoms with E-state index in [2.05, 4.69) is 32.7 Å². The summed E-state index contributed by atoms with van der Waals surface area (Å²) in [6.45, 7) is 6.01. The molecule has 1 atom stereocenters. The van der Waals surface area contributed by atoms with E-state index in [0.717, 1.165) is 44.0 Å². The van der Waals surface area contributed by atoms with Gasteiger partial charge in [0.15, 0.2) is 0 Å². The first kappa shape index (κ1) is 16.6. The Labute approximate surface area is 131 Å². The fourth-order valence-electron chi connectivity index (χ4n) is 2.49. The molecule has 2 rings (SSSR count). The summed E-state index contributed by atoms with van der Waals surface area (Å²) in [5.74, 6) is 0. The lowest BCUT2D eigenvalue weighted by molar-refractivity contribution is -0.137. The molecular formula is C14H19BrF3N3. The minimum Gasteiger partial charge on any atom is -0.368 e. The van der Waals surface area contributed by atoms with Gasteiger partial charge < -0.3 is 10.6 Å². The predicted molar refractivity (Wildman–Crippen MR) is 81.4 cm³/mol. The maximum absolute atomic E-state index is 12.7. The number of nitrogens with two attached hydrogens (primary N) is 1. The molecule has 1 saturated heterocycles. The van der Waals surface area contributed by atoms with Crippen LogP contribution >= 0.6 is 15.9 Å². The van der Waals surface area contributed by atoms with Crippen LogP contribution in [0.15, 0.2) is 22.7 Å². The molecule has 1 aliphatic rings. The van der Waals surface area contributed by atoms with Crippen LogP contribution in [0.1, 0.15) is 12.5 Å². The minimum atomic E-state index is -4.31. The average Bonchev–Trinajstić information content (AvgIpc) is 2.45. The van der Waals surface area contributed by atoms with Crippen molar-refractivity contribution in [3.05, 3.63) is 28.2 Å². The lowest BCUT2D eigenvalue weighted by atomic mass is 10.1. The Morgan fingerprint density at radius 2 is 1.86 bits per heavy atom. The van der Waals surface area contributed by atoms with E-state index < -0.39 is 11.7 Å². The standard InChI is InChI=1S/C14H19BrF3N3/c1-10(9-19)20-4-6-21(7-5-20)13-3-2-11(8-12(13)15)14(16,17)18/h2-3,8,10H,4-7,9,19H2,1H3. The van der Waals surface area contributed by atoms with Gasteiger partial charge in [-0.2, -0.15) is 13.2 Å². The van der Waals surface area contributed by atoms with Gasteiger partial charge in [0.05, 0.1) is 11.3 Å². The average molecular weight is 366 g/mol. The van der Waals surface area contributed by atoms with Crippen molar-refractivity contribution in [2.75, 3.05) is 37.6 Å². The molecule has 1 aliphatic heterocycles. The van der Waals surface area contributed by atoms with Crippen LogP contribution in [0.2, 0.25) is 0 Å². The lowest BCUT2D eigenvalue weighted by Crippen LogP contribution is -2.51. The Balaban J connectivity index is 2.07. The topological polar surface area (TPSA) is 32.5 Å². The van der Waals surface area contributed by atoms with E-state index in [4.69, 9.17) is 5.73 Å². The second-order valence-electron chi connectivity index (χ2n) is 5.27. The van der Waals surface area contributed by atoms with Crippen molar-refractivity contribution in [2.45, 2.75) is 19.1 Å². The second-order valence-corrected chi connectivity index (χ2v) is 6.13. The fraction of sp³-hybridized carbons (Fsp3) is 0.571. The molecule has 0 radical (unpaired) electrons. The predicted octanol–water partition coefficient (Wildman–Crippen LogP) is 2.94. The van der Waals surface area contributed by atoms with E-state index in [0.29, 0.717) is 17.1 Å². The summed E-state index contributed by atoms with van der Waals surface area (Å²) < 4.78 is 38.5. The van der Waals surface area contributed by atoms with E-state index >= 15 is 0 Å². The zero-order valence-electron chi connectivity index (χ0n) is 11.8. The monoisotopic (exact) mass is 365 g/mol. The van der Waals surface area contributed by atoms with Crippen LogP contribution in [0.4, 0.5) is 18.9 Å². The van der Waals surface area contributed by atoms with Crippen LogP contribution in [0.25, 0.3) is 0 Å². The van der Waals surface area contributed by atoms with Crippen molar-refractivity contribution in [2.24, 2.45) is 5.73 Å². The van der Waals surface area contributed by atoms with Gasteiger partial charge in [0.1, 0.15) is 0 Å². The normalized spacial score (nSPS) is 18.9. The molecule has 0 amide bonds. The molecule has 0 aromatic heterocycles. The molecule has 7 heteroatoms. The highest BCUT2D eigenvalue weighted by Gasteiger charge is 2.31. The third kappa shape index (κ3) is 3.90. The van der Waals surface area contributed by atoms with Crippen LogP contribution < -0.4 is 10.6 Å². The zero-order chi connectivity index (χ0) is 15.6. The Morgan fingerprint density at radius 3 is 2.33 bits per heavy atom. The molecule has 0 bridgehead atoms. The van der Waals surface area contributed by atoms with Gasteiger partial charge >= 0.3 is 6.18 Å². The number of halogens is 4. The van der Waals surface area contributed by atoms with Gasteiger partial charge in [-0.1, -0.05) is 0 Å². The number of hydrogen-bond acceptors (Lipinski definition) is 3. The van der Waals surface area contributed by atoms with Crippen molar-refractivity contribution in [3.8, 4) is 0 Å². The van der Waals surface area contributed by atoms with E-state index in [1.807, 2.05) is 0 Å². The molecule has 118 valence electrons. The van der Waals surface area contributed by atoms with Crippen LogP contribution in [0, 0.1) is 0 Å². The number of alkyl halides is 3. The first-order valence-corrected chi connectivity index (χ1v) is 7.68. The van der Waals surface area contributed by atoms with Gasteiger partial charge in [-0.15, -0.1) is 0 Å². The molecule has 0 saturated carbocycles. The summed E-state index contributed by atoms with van der Waals surface area (Å²) >= 11 is 3.26. The Hall–Kier alpha value is -0.790. The lowest BCUT2D eigenvalue weighted by Gasteiger charge is -2.39. The number of benzene rings is 1. The van der Waals surface area contributed by atoms with E-state index in [-0.39, 0.29) is 0 Å². The zero-order valence-corrected chi connectivity index (χ0v) is 13.4. The number of nitrogens with zero attached hydrogens (tertiary/aromatic N) is 2. The molecule has 2 N–H and O–H groups in total. The highest BCUT2D eigenvalue weighted by atomic mass is 79.9. The largest absolute Gasteiger partial charge is 0.416 e. The highest BCUT2D eigenvalue weighted by Crippen LogP contribution is 2.35. The molecule has 1 fully saturated rings. The molecule has 1 aromatic carbocycles. The molecular weight excluding hydrogens is 347 g/mol. The maximum atomic E-state index is 12.7. The SMILES string of the molecule is CC(CN)N1CCN(c2ccc(C(F)(F)F)cc2Br)CC1. The summed E-state index contributed by atoms with van der Waals surface area (Å²) in [5.41, 5.74) is 5.84. The molecule has 0 spiro atoms. The molecule has 3 nitrogen and oxygen atoms in total. The summed E-state index contributed by atoms with van der Waals surface area (Å²) in [6, 6.07) is 4.15. The third-order valence-electron chi connectivity index (χ3n) is 3.89. The van der Waals surface area contributed by atoms with Crippen molar-refractivity contribution < 1.29 is 13.2 Å². The summed E-state index contributed by atoms with van der Waals surface area (Å²) in [6.07, 6.45) is -4.31. The number of anilines is 1. The Morgan fingerprint density at radius 1 is 1.24 bits per heavy atom. The molecule has 1 unspecified atom stereocenters. The molecule has 1 aromatic rings. The number of rotatable bonds is 3. The first-order chi connectivity index (χ1) is 9.82. The summed E-state index contributed by atoms with van der Waals surface area (Å²) in [7, 11) is 0. The quantitative estimate of drug-likeness (QED) is 0.893. The van der Waals surface area contributed by atoms with Crippen LogP contribution in [-0.4, -0.2) is 43.7 Å². The molecule has 21 heavy (non-hydrogen) atoms.